The highest BCUT2D eigenvalue weighted by Gasteiger charge is 2.24. The van der Waals surface area contributed by atoms with Crippen molar-refractivity contribution in [1.82, 2.24) is 4.90 Å². The summed E-state index contributed by atoms with van der Waals surface area (Å²) < 4.78 is 26.9. The minimum absolute atomic E-state index is 0.300. The van der Waals surface area contributed by atoms with Gasteiger partial charge < -0.3 is 10.6 Å². The topological polar surface area (TPSA) is 46.3 Å². The van der Waals surface area contributed by atoms with Crippen molar-refractivity contribution in [2.24, 2.45) is 11.1 Å². The number of halogens is 3. The van der Waals surface area contributed by atoms with Gasteiger partial charge in [0.05, 0.1) is 10.6 Å². The number of rotatable bonds is 4. The molecule has 106 valence electrons. The van der Waals surface area contributed by atoms with E-state index in [-0.39, 0.29) is 16.0 Å². The maximum atomic E-state index is 13.6. The van der Waals surface area contributed by atoms with Crippen LogP contribution in [-0.4, -0.2) is 30.9 Å². The second kappa shape index (κ2) is 5.84. The van der Waals surface area contributed by atoms with Crippen LogP contribution in [0.4, 0.5) is 8.78 Å². The van der Waals surface area contributed by atoms with Crippen molar-refractivity contribution in [3.8, 4) is 0 Å². The molecule has 0 radical (unpaired) electrons. The number of benzene rings is 1. The van der Waals surface area contributed by atoms with E-state index < -0.39 is 17.5 Å². The first kappa shape index (κ1) is 15.9. The zero-order valence-corrected chi connectivity index (χ0v) is 11.9. The Morgan fingerprint density at radius 2 is 1.95 bits per heavy atom. The lowest BCUT2D eigenvalue weighted by Gasteiger charge is -2.29. The van der Waals surface area contributed by atoms with E-state index in [2.05, 4.69) is 0 Å². The van der Waals surface area contributed by atoms with Crippen LogP contribution in [0.5, 0.6) is 0 Å². The summed E-state index contributed by atoms with van der Waals surface area (Å²) in [6.45, 7) is 4.49. The Balaban J connectivity index is 2.98. The van der Waals surface area contributed by atoms with Gasteiger partial charge in [-0.15, -0.1) is 0 Å². The van der Waals surface area contributed by atoms with Crippen molar-refractivity contribution in [3.05, 3.63) is 34.4 Å². The van der Waals surface area contributed by atoms with Crippen LogP contribution < -0.4 is 5.73 Å². The summed E-state index contributed by atoms with van der Waals surface area (Å²) in [6.07, 6.45) is 0. The quantitative estimate of drug-likeness (QED) is 0.867. The molecule has 19 heavy (non-hydrogen) atoms. The standard InChI is InChI=1S/C13H17ClF2N2O/c1-13(2,6-17)7-18(3)12(19)8-4-11(16)9(14)5-10(8)15/h4-5H,6-7,17H2,1-3H3. The van der Waals surface area contributed by atoms with Gasteiger partial charge in [-0.05, 0) is 24.1 Å². The Bertz CT molecular complexity index is 492. The van der Waals surface area contributed by atoms with Crippen molar-refractivity contribution in [1.29, 1.82) is 0 Å². The van der Waals surface area contributed by atoms with Gasteiger partial charge in [0.2, 0.25) is 0 Å². The van der Waals surface area contributed by atoms with E-state index in [0.717, 1.165) is 12.1 Å². The number of nitrogens with zero attached hydrogens (tertiary/aromatic N) is 1. The van der Waals surface area contributed by atoms with Gasteiger partial charge >= 0.3 is 0 Å². The van der Waals surface area contributed by atoms with Gasteiger partial charge in [-0.25, -0.2) is 8.78 Å². The van der Waals surface area contributed by atoms with E-state index in [0.29, 0.717) is 13.1 Å². The molecular formula is C13H17ClF2N2O. The second-order valence-corrected chi connectivity index (χ2v) is 5.68. The van der Waals surface area contributed by atoms with E-state index in [1.54, 1.807) is 0 Å². The van der Waals surface area contributed by atoms with Crippen LogP contribution in [-0.2, 0) is 0 Å². The van der Waals surface area contributed by atoms with E-state index in [1.807, 2.05) is 13.8 Å². The molecule has 0 spiro atoms. The third kappa shape index (κ3) is 3.88. The highest BCUT2D eigenvalue weighted by molar-refractivity contribution is 6.30. The third-order valence-electron chi connectivity index (χ3n) is 2.80. The Labute approximate surface area is 116 Å². The molecule has 0 unspecified atom stereocenters. The molecule has 0 aliphatic rings. The monoisotopic (exact) mass is 290 g/mol. The molecular weight excluding hydrogens is 274 g/mol. The number of hydrogen-bond donors (Lipinski definition) is 1. The molecule has 0 bridgehead atoms. The van der Waals surface area contributed by atoms with Crippen LogP contribution in [0.15, 0.2) is 12.1 Å². The highest BCUT2D eigenvalue weighted by Crippen LogP contribution is 2.21. The first-order valence-corrected chi connectivity index (χ1v) is 6.16. The van der Waals surface area contributed by atoms with Gasteiger partial charge in [-0.2, -0.15) is 0 Å². The fraction of sp³-hybridized carbons (Fsp3) is 0.462. The van der Waals surface area contributed by atoms with Crippen molar-refractivity contribution in [2.45, 2.75) is 13.8 Å². The lowest BCUT2D eigenvalue weighted by Crippen LogP contribution is -2.40. The molecule has 1 aromatic rings. The van der Waals surface area contributed by atoms with Crippen LogP contribution in [0, 0.1) is 17.0 Å². The van der Waals surface area contributed by atoms with Crippen molar-refractivity contribution < 1.29 is 13.6 Å². The summed E-state index contributed by atoms with van der Waals surface area (Å²) in [5.41, 5.74) is 4.94. The molecule has 3 nitrogen and oxygen atoms in total. The number of nitrogens with two attached hydrogens (primary N) is 1. The maximum absolute atomic E-state index is 13.6. The van der Waals surface area contributed by atoms with Crippen LogP contribution in [0.2, 0.25) is 5.02 Å². The predicted octanol–water partition coefficient (Wildman–Crippen LogP) is 2.68. The Kier molecular flexibility index (Phi) is 4.87. The van der Waals surface area contributed by atoms with Gasteiger partial charge in [0.1, 0.15) is 11.6 Å². The summed E-state index contributed by atoms with van der Waals surface area (Å²) in [4.78, 5) is 13.4. The molecule has 0 fully saturated rings. The van der Waals surface area contributed by atoms with E-state index in [1.165, 1.54) is 11.9 Å². The molecule has 1 aromatic carbocycles. The number of hydrogen-bond acceptors (Lipinski definition) is 2. The summed E-state index contributed by atoms with van der Waals surface area (Å²) in [7, 11) is 1.52. The number of carbonyl (C=O) groups is 1. The van der Waals surface area contributed by atoms with E-state index in [4.69, 9.17) is 17.3 Å². The maximum Gasteiger partial charge on any atom is 0.256 e. The third-order valence-corrected chi connectivity index (χ3v) is 3.09. The molecule has 0 saturated heterocycles. The van der Waals surface area contributed by atoms with Crippen molar-refractivity contribution in [3.63, 3.8) is 0 Å². The Hall–Kier alpha value is -1.20. The van der Waals surface area contributed by atoms with Crippen molar-refractivity contribution >= 4 is 17.5 Å². The van der Waals surface area contributed by atoms with Gasteiger partial charge in [0, 0.05) is 13.6 Å². The van der Waals surface area contributed by atoms with Crippen LogP contribution in [0.1, 0.15) is 24.2 Å². The lowest BCUT2D eigenvalue weighted by molar-refractivity contribution is 0.0735. The van der Waals surface area contributed by atoms with Crippen LogP contribution >= 0.6 is 11.6 Å². The molecule has 0 aliphatic heterocycles. The molecule has 1 rings (SSSR count). The minimum atomic E-state index is -0.839. The largest absolute Gasteiger partial charge is 0.341 e. The van der Waals surface area contributed by atoms with E-state index in [9.17, 15) is 13.6 Å². The molecule has 0 saturated carbocycles. The minimum Gasteiger partial charge on any atom is -0.341 e. The molecule has 2 N–H and O–H groups in total. The first-order chi connectivity index (χ1) is 8.68. The van der Waals surface area contributed by atoms with Gasteiger partial charge in [-0.1, -0.05) is 25.4 Å². The lowest BCUT2D eigenvalue weighted by atomic mass is 9.93. The fourth-order valence-electron chi connectivity index (χ4n) is 1.67. The summed E-state index contributed by atoms with van der Waals surface area (Å²) >= 11 is 5.44. The summed E-state index contributed by atoms with van der Waals surface area (Å²) in [5.74, 6) is -2.26. The molecule has 0 atom stereocenters. The average Bonchev–Trinajstić information content (AvgIpc) is 2.32. The SMILES string of the molecule is CN(CC(C)(C)CN)C(=O)c1cc(F)c(Cl)cc1F. The van der Waals surface area contributed by atoms with Crippen molar-refractivity contribution in [2.75, 3.05) is 20.1 Å². The highest BCUT2D eigenvalue weighted by atomic mass is 35.5. The van der Waals surface area contributed by atoms with Gasteiger partial charge in [-0.3, -0.25) is 4.79 Å². The van der Waals surface area contributed by atoms with E-state index >= 15 is 0 Å². The Morgan fingerprint density at radius 1 is 1.37 bits per heavy atom. The van der Waals surface area contributed by atoms with Gasteiger partial charge in [0.25, 0.3) is 5.91 Å². The molecule has 0 aliphatic carbocycles. The zero-order valence-electron chi connectivity index (χ0n) is 11.1. The Morgan fingerprint density at radius 3 is 2.47 bits per heavy atom. The second-order valence-electron chi connectivity index (χ2n) is 5.28. The normalized spacial score (nSPS) is 11.5. The smallest absolute Gasteiger partial charge is 0.256 e. The molecule has 1 amide bonds. The number of amides is 1. The van der Waals surface area contributed by atoms with Gasteiger partial charge in [0.15, 0.2) is 0 Å². The molecule has 0 aromatic heterocycles. The van der Waals surface area contributed by atoms with Crippen LogP contribution in [0.25, 0.3) is 0 Å². The summed E-state index contributed by atoms with van der Waals surface area (Å²) in [6, 6.07) is 1.61. The first-order valence-electron chi connectivity index (χ1n) is 5.78. The number of carbonyl (C=O) groups excluding carboxylic acids is 1. The average molecular weight is 291 g/mol. The zero-order chi connectivity index (χ0) is 14.8. The molecule has 0 heterocycles. The molecule has 6 heteroatoms. The van der Waals surface area contributed by atoms with Crippen LogP contribution in [0.3, 0.4) is 0 Å². The summed E-state index contributed by atoms with van der Waals surface area (Å²) in [5, 5.41) is -0.348. The fourth-order valence-corrected chi connectivity index (χ4v) is 1.82. The predicted molar refractivity (Wildman–Crippen MR) is 71.2 cm³/mol.